The van der Waals surface area contributed by atoms with Gasteiger partial charge in [0.25, 0.3) is 5.91 Å². The summed E-state index contributed by atoms with van der Waals surface area (Å²) in [4.78, 5) is 33.1. The number of fused-ring (bicyclic) bond motifs is 1. The van der Waals surface area contributed by atoms with Gasteiger partial charge in [0.05, 0.1) is 23.3 Å². The second-order valence-electron chi connectivity index (χ2n) is 6.78. The van der Waals surface area contributed by atoms with Gasteiger partial charge in [0, 0.05) is 18.4 Å². The van der Waals surface area contributed by atoms with E-state index in [0.717, 1.165) is 0 Å². The third kappa shape index (κ3) is 2.64. The summed E-state index contributed by atoms with van der Waals surface area (Å²) in [6.07, 6.45) is 1.35. The van der Waals surface area contributed by atoms with Crippen molar-refractivity contribution in [2.75, 3.05) is 6.61 Å². The van der Waals surface area contributed by atoms with Gasteiger partial charge in [-0.15, -0.1) is 0 Å². The SMILES string of the molecule is CCOC1CC(NC(=O)c2cnc3ccccc3n2)(C(=O)O)C1(C)C. The number of nitrogens with zero attached hydrogens (tertiary/aromatic N) is 2. The predicted molar refractivity (Wildman–Crippen MR) is 91.2 cm³/mol. The summed E-state index contributed by atoms with van der Waals surface area (Å²) in [6.45, 7) is 5.93. The minimum Gasteiger partial charge on any atom is -0.479 e. The highest BCUT2D eigenvalue weighted by Crippen LogP contribution is 2.51. The number of hydrogen-bond donors (Lipinski definition) is 2. The van der Waals surface area contributed by atoms with Gasteiger partial charge in [-0.3, -0.25) is 9.78 Å². The first kappa shape index (κ1) is 17.3. The monoisotopic (exact) mass is 343 g/mol. The molecule has 2 N–H and O–H groups in total. The number of nitrogens with one attached hydrogen (secondary N) is 1. The van der Waals surface area contributed by atoms with E-state index in [-0.39, 0.29) is 18.2 Å². The van der Waals surface area contributed by atoms with Crippen LogP contribution in [0.1, 0.15) is 37.7 Å². The molecule has 7 heteroatoms. The van der Waals surface area contributed by atoms with Gasteiger partial charge in [0.15, 0.2) is 0 Å². The van der Waals surface area contributed by atoms with Crippen molar-refractivity contribution in [2.24, 2.45) is 5.41 Å². The molecule has 1 fully saturated rings. The molecule has 1 amide bonds. The van der Waals surface area contributed by atoms with Crippen molar-refractivity contribution in [1.29, 1.82) is 0 Å². The van der Waals surface area contributed by atoms with Crippen molar-refractivity contribution in [3.05, 3.63) is 36.2 Å². The zero-order valence-corrected chi connectivity index (χ0v) is 14.4. The number of benzene rings is 1. The van der Waals surface area contributed by atoms with Crippen LogP contribution in [0.2, 0.25) is 0 Å². The van der Waals surface area contributed by atoms with E-state index in [1.54, 1.807) is 32.0 Å². The molecule has 3 rings (SSSR count). The summed E-state index contributed by atoms with van der Waals surface area (Å²) >= 11 is 0. The minimum atomic E-state index is -1.39. The number of carboxylic acids is 1. The Labute approximate surface area is 145 Å². The lowest BCUT2D eigenvalue weighted by Gasteiger charge is -2.58. The number of aromatic nitrogens is 2. The van der Waals surface area contributed by atoms with E-state index < -0.39 is 22.8 Å². The van der Waals surface area contributed by atoms with E-state index in [1.807, 2.05) is 13.0 Å². The molecule has 2 atom stereocenters. The second-order valence-corrected chi connectivity index (χ2v) is 6.78. The van der Waals surface area contributed by atoms with Crippen LogP contribution in [-0.2, 0) is 9.53 Å². The van der Waals surface area contributed by atoms with Gasteiger partial charge >= 0.3 is 5.97 Å². The molecule has 0 radical (unpaired) electrons. The van der Waals surface area contributed by atoms with Crippen molar-refractivity contribution in [3.63, 3.8) is 0 Å². The number of hydrogen-bond acceptors (Lipinski definition) is 5. The highest BCUT2D eigenvalue weighted by molar-refractivity contribution is 5.98. The summed E-state index contributed by atoms with van der Waals surface area (Å²) in [5, 5.41) is 12.4. The molecule has 2 aromatic rings. The molecule has 1 heterocycles. The molecule has 0 aliphatic heterocycles. The lowest BCUT2D eigenvalue weighted by atomic mass is 9.54. The normalized spacial score (nSPS) is 24.5. The van der Waals surface area contributed by atoms with Crippen molar-refractivity contribution in [2.45, 2.75) is 38.8 Å². The Morgan fingerprint density at radius 1 is 1.32 bits per heavy atom. The molecule has 132 valence electrons. The number of carbonyl (C=O) groups excluding carboxylic acids is 1. The van der Waals surface area contributed by atoms with Gasteiger partial charge in [-0.25, -0.2) is 9.78 Å². The van der Waals surface area contributed by atoms with Gasteiger partial charge in [0.1, 0.15) is 11.2 Å². The topological polar surface area (TPSA) is 101 Å². The van der Waals surface area contributed by atoms with Crippen LogP contribution in [0.3, 0.4) is 0 Å². The summed E-state index contributed by atoms with van der Waals surface area (Å²) in [5.74, 6) is -1.63. The molecule has 1 saturated carbocycles. The fraction of sp³-hybridized carbons (Fsp3) is 0.444. The average Bonchev–Trinajstić information content (AvgIpc) is 2.59. The van der Waals surface area contributed by atoms with Crippen molar-refractivity contribution < 1.29 is 19.4 Å². The maximum absolute atomic E-state index is 12.6. The van der Waals surface area contributed by atoms with Gasteiger partial charge in [-0.05, 0) is 19.1 Å². The Bertz CT molecular complexity index is 836. The maximum atomic E-state index is 12.6. The predicted octanol–water partition coefficient (Wildman–Crippen LogP) is 2.02. The summed E-state index contributed by atoms with van der Waals surface area (Å²) in [6, 6.07) is 7.19. The van der Waals surface area contributed by atoms with E-state index in [4.69, 9.17) is 4.74 Å². The van der Waals surface area contributed by atoms with Crippen LogP contribution >= 0.6 is 0 Å². The molecular formula is C18H21N3O4. The van der Waals surface area contributed by atoms with E-state index >= 15 is 0 Å². The van der Waals surface area contributed by atoms with Crippen molar-refractivity contribution in [1.82, 2.24) is 15.3 Å². The Kier molecular flexibility index (Phi) is 4.20. The smallest absolute Gasteiger partial charge is 0.330 e. The molecule has 1 aromatic carbocycles. The summed E-state index contributed by atoms with van der Waals surface area (Å²) in [5.41, 5.74) is -0.784. The Hall–Kier alpha value is -2.54. The first-order chi connectivity index (χ1) is 11.8. The third-order valence-electron chi connectivity index (χ3n) is 5.14. The molecule has 0 bridgehead atoms. The fourth-order valence-electron chi connectivity index (χ4n) is 3.36. The van der Waals surface area contributed by atoms with Crippen molar-refractivity contribution in [3.8, 4) is 0 Å². The number of ether oxygens (including phenoxy) is 1. The van der Waals surface area contributed by atoms with Gasteiger partial charge in [-0.2, -0.15) is 0 Å². The van der Waals surface area contributed by atoms with Crippen LogP contribution in [0.4, 0.5) is 0 Å². The van der Waals surface area contributed by atoms with E-state index in [2.05, 4.69) is 15.3 Å². The summed E-state index contributed by atoms with van der Waals surface area (Å²) in [7, 11) is 0. The van der Waals surface area contributed by atoms with Gasteiger partial charge in [0.2, 0.25) is 0 Å². The lowest BCUT2D eigenvalue weighted by Crippen LogP contribution is -2.76. The minimum absolute atomic E-state index is 0.0926. The second kappa shape index (κ2) is 6.07. The molecule has 1 aromatic heterocycles. The van der Waals surface area contributed by atoms with Crippen LogP contribution in [0.15, 0.2) is 30.5 Å². The van der Waals surface area contributed by atoms with E-state index in [0.29, 0.717) is 17.6 Å². The number of carbonyl (C=O) groups is 2. The zero-order valence-electron chi connectivity index (χ0n) is 14.4. The third-order valence-corrected chi connectivity index (χ3v) is 5.14. The quantitative estimate of drug-likeness (QED) is 0.861. The molecular weight excluding hydrogens is 322 g/mol. The molecule has 1 aliphatic carbocycles. The molecule has 0 saturated heterocycles. The Morgan fingerprint density at radius 2 is 2.00 bits per heavy atom. The fourth-order valence-corrected chi connectivity index (χ4v) is 3.36. The first-order valence-electron chi connectivity index (χ1n) is 8.21. The highest BCUT2D eigenvalue weighted by atomic mass is 16.5. The number of aliphatic carboxylic acids is 1. The standard InChI is InChI=1S/C18H21N3O4/c1-4-25-14-9-18(16(23)24,17(14,2)3)21-15(22)13-10-19-11-7-5-6-8-12(11)20-13/h5-8,10,14H,4,9H2,1-3H3,(H,21,22)(H,23,24). The highest BCUT2D eigenvalue weighted by Gasteiger charge is 2.66. The molecule has 0 spiro atoms. The number of rotatable bonds is 5. The van der Waals surface area contributed by atoms with Crippen LogP contribution < -0.4 is 5.32 Å². The molecule has 25 heavy (non-hydrogen) atoms. The van der Waals surface area contributed by atoms with Gasteiger partial charge in [-0.1, -0.05) is 26.0 Å². The van der Waals surface area contributed by atoms with E-state index in [9.17, 15) is 14.7 Å². The largest absolute Gasteiger partial charge is 0.479 e. The van der Waals surface area contributed by atoms with Crippen LogP contribution in [0.25, 0.3) is 11.0 Å². The number of para-hydroxylation sites is 2. The van der Waals surface area contributed by atoms with Gasteiger partial charge < -0.3 is 15.2 Å². The lowest BCUT2D eigenvalue weighted by molar-refractivity contribution is -0.190. The maximum Gasteiger partial charge on any atom is 0.330 e. The Morgan fingerprint density at radius 3 is 2.60 bits per heavy atom. The Balaban J connectivity index is 1.87. The average molecular weight is 343 g/mol. The van der Waals surface area contributed by atoms with E-state index in [1.165, 1.54) is 6.20 Å². The molecule has 2 unspecified atom stereocenters. The zero-order chi connectivity index (χ0) is 18.2. The first-order valence-corrected chi connectivity index (χ1v) is 8.21. The number of carboxylic acid groups (broad SMARTS) is 1. The molecule has 7 nitrogen and oxygen atoms in total. The molecule has 1 aliphatic rings. The van der Waals surface area contributed by atoms with Crippen LogP contribution in [0, 0.1) is 5.41 Å². The van der Waals surface area contributed by atoms with Crippen LogP contribution in [0.5, 0.6) is 0 Å². The van der Waals surface area contributed by atoms with Crippen molar-refractivity contribution >= 4 is 22.9 Å². The van der Waals surface area contributed by atoms with Crippen LogP contribution in [-0.4, -0.2) is 45.2 Å². The number of amides is 1. The summed E-state index contributed by atoms with van der Waals surface area (Å²) < 4.78 is 5.60.